The predicted octanol–water partition coefficient (Wildman–Crippen LogP) is 3.66. The number of nitrogens with zero attached hydrogens (tertiary/aromatic N) is 3. The minimum absolute atomic E-state index is 0.134. The van der Waals surface area contributed by atoms with Crippen LogP contribution in [0.5, 0.6) is 0 Å². The predicted molar refractivity (Wildman–Crippen MR) is 95.6 cm³/mol. The van der Waals surface area contributed by atoms with Crippen molar-refractivity contribution in [2.45, 2.75) is 32.6 Å². The van der Waals surface area contributed by atoms with E-state index in [1.165, 1.54) is 17.0 Å². The molecular weight excluding hydrogens is 320 g/mol. The standard InChI is InChI=1S/C18H20N4OS/c1-11-17(24-12(2)20-11)18(23)22-8-5-13(6-9-22)15-10-16-14(21-15)4-3-7-19-16/h3-4,7,10,13,21H,5-6,8-9H2,1-2H3. The average molecular weight is 340 g/mol. The number of nitrogens with one attached hydrogen (secondary N) is 1. The van der Waals surface area contributed by atoms with Gasteiger partial charge in [-0.05, 0) is 44.9 Å². The molecule has 1 fully saturated rings. The topological polar surface area (TPSA) is 61.9 Å². The summed E-state index contributed by atoms with van der Waals surface area (Å²) in [6, 6.07) is 6.15. The van der Waals surface area contributed by atoms with Gasteiger partial charge in [-0.1, -0.05) is 0 Å². The maximum Gasteiger partial charge on any atom is 0.265 e. The number of piperidine rings is 1. The van der Waals surface area contributed by atoms with Crippen LogP contribution in [0.15, 0.2) is 24.4 Å². The van der Waals surface area contributed by atoms with Crippen molar-refractivity contribution in [1.82, 2.24) is 19.9 Å². The second-order valence-electron chi connectivity index (χ2n) is 6.37. The van der Waals surface area contributed by atoms with Gasteiger partial charge in [0.2, 0.25) is 0 Å². The third kappa shape index (κ3) is 2.71. The average Bonchev–Trinajstić information content (AvgIpc) is 3.17. The summed E-state index contributed by atoms with van der Waals surface area (Å²) < 4.78 is 0. The molecule has 3 aromatic rings. The molecular formula is C18H20N4OS. The maximum absolute atomic E-state index is 12.7. The highest BCUT2D eigenvalue weighted by Gasteiger charge is 2.27. The maximum atomic E-state index is 12.7. The molecule has 0 spiro atoms. The summed E-state index contributed by atoms with van der Waals surface area (Å²) in [4.78, 5) is 27.7. The van der Waals surface area contributed by atoms with Gasteiger partial charge in [0.15, 0.2) is 0 Å². The number of carbonyl (C=O) groups excluding carboxylic acids is 1. The van der Waals surface area contributed by atoms with Gasteiger partial charge in [-0.15, -0.1) is 11.3 Å². The molecule has 0 saturated carbocycles. The number of pyridine rings is 1. The highest BCUT2D eigenvalue weighted by atomic mass is 32.1. The molecule has 0 aromatic carbocycles. The van der Waals surface area contributed by atoms with Crippen LogP contribution in [-0.2, 0) is 0 Å². The van der Waals surface area contributed by atoms with Gasteiger partial charge < -0.3 is 9.88 Å². The SMILES string of the molecule is Cc1nc(C)c(C(=O)N2CCC(c3cc4ncccc4[nH]3)CC2)s1. The van der Waals surface area contributed by atoms with Crippen molar-refractivity contribution in [3.63, 3.8) is 0 Å². The highest BCUT2D eigenvalue weighted by Crippen LogP contribution is 2.30. The summed E-state index contributed by atoms with van der Waals surface area (Å²) in [5.74, 6) is 0.599. The van der Waals surface area contributed by atoms with E-state index in [2.05, 4.69) is 27.1 Å². The Hall–Kier alpha value is -2.21. The van der Waals surface area contributed by atoms with Crippen LogP contribution in [0.3, 0.4) is 0 Å². The number of thiazole rings is 1. The van der Waals surface area contributed by atoms with E-state index in [4.69, 9.17) is 0 Å². The van der Waals surface area contributed by atoms with E-state index in [1.807, 2.05) is 31.0 Å². The third-order valence-electron chi connectivity index (χ3n) is 4.73. The fraction of sp³-hybridized carbons (Fsp3) is 0.389. The number of aromatic nitrogens is 3. The van der Waals surface area contributed by atoms with Crippen LogP contribution in [-0.4, -0.2) is 38.8 Å². The molecule has 6 heteroatoms. The normalized spacial score (nSPS) is 16.0. The molecule has 5 nitrogen and oxygen atoms in total. The number of carbonyl (C=O) groups is 1. The smallest absolute Gasteiger partial charge is 0.265 e. The van der Waals surface area contributed by atoms with Crippen LogP contribution >= 0.6 is 11.3 Å². The number of amides is 1. The van der Waals surface area contributed by atoms with E-state index in [-0.39, 0.29) is 5.91 Å². The number of hydrogen-bond donors (Lipinski definition) is 1. The molecule has 0 bridgehead atoms. The monoisotopic (exact) mass is 340 g/mol. The summed E-state index contributed by atoms with van der Waals surface area (Å²) in [7, 11) is 0. The molecule has 1 saturated heterocycles. The zero-order valence-electron chi connectivity index (χ0n) is 13.9. The Morgan fingerprint density at radius 1 is 1.33 bits per heavy atom. The van der Waals surface area contributed by atoms with Gasteiger partial charge >= 0.3 is 0 Å². The molecule has 1 aliphatic rings. The van der Waals surface area contributed by atoms with E-state index in [0.29, 0.717) is 5.92 Å². The van der Waals surface area contributed by atoms with Crippen molar-refractivity contribution < 1.29 is 4.79 Å². The number of aryl methyl sites for hydroxylation is 2. The fourth-order valence-electron chi connectivity index (χ4n) is 3.46. The Balaban J connectivity index is 1.46. The number of aromatic amines is 1. The molecule has 4 heterocycles. The van der Waals surface area contributed by atoms with E-state index in [1.54, 1.807) is 0 Å². The summed E-state index contributed by atoms with van der Waals surface area (Å²) in [5.41, 5.74) is 4.19. The Bertz CT molecular complexity index is 856. The van der Waals surface area contributed by atoms with Crippen molar-refractivity contribution in [3.8, 4) is 0 Å². The minimum atomic E-state index is 0.134. The van der Waals surface area contributed by atoms with E-state index in [9.17, 15) is 4.79 Å². The first-order valence-electron chi connectivity index (χ1n) is 8.29. The molecule has 124 valence electrons. The van der Waals surface area contributed by atoms with Crippen LogP contribution in [0, 0.1) is 13.8 Å². The molecule has 1 aliphatic heterocycles. The summed E-state index contributed by atoms with van der Waals surface area (Å²) >= 11 is 1.50. The van der Waals surface area contributed by atoms with Crippen LogP contribution in [0.2, 0.25) is 0 Å². The lowest BCUT2D eigenvalue weighted by Crippen LogP contribution is -2.37. The molecule has 0 radical (unpaired) electrons. The molecule has 1 amide bonds. The first kappa shape index (κ1) is 15.3. The zero-order chi connectivity index (χ0) is 16.7. The number of fused-ring (bicyclic) bond motifs is 1. The quantitative estimate of drug-likeness (QED) is 0.774. The van der Waals surface area contributed by atoms with Crippen LogP contribution < -0.4 is 0 Å². The van der Waals surface area contributed by atoms with E-state index in [0.717, 1.165) is 52.5 Å². The van der Waals surface area contributed by atoms with Gasteiger partial charge in [0, 0.05) is 30.9 Å². The first-order valence-corrected chi connectivity index (χ1v) is 9.10. The fourth-order valence-corrected chi connectivity index (χ4v) is 4.35. The second-order valence-corrected chi connectivity index (χ2v) is 7.58. The number of likely N-dealkylation sites (tertiary alicyclic amines) is 1. The van der Waals surface area contributed by atoms with Gasteiger partial charge in [0.05, 0.1) is 21.7 Å². The van der Waals surface area contributed by atoms with E-state index < -0.39 is 0 Å². The van der Waals surface area contributed by atoms with E-state index >= 15 is 0 Å². The summed E-state index contributed by atoms with van der Waals surface area (Å²) in [6.45, 7) is 5.46. The summed E-state index contributed by atoms with van der Waals surface area (Å²) in [6.07, 6.45) is 3.78. The Kier molecular flexibility index (Phi) is 3.84. The van der Waals surface area contributed by atoms with Crippen LogP contribution in [0.25, 0.3) is 11.0 Å². The van der Waals surface area contributed by atoms with Crippen LogP contribution in [0.4, 0.5) is 0 Å². The molecule has 4 rings (SSSR count). The van der Waals surface area contributed by atoms with Crippen molar-refractivity contribution in [2.75, 3.05) is 13.1 Å². The van der Waals surface area contributed by atoms with Crippen molar-refractivity contribution >= 4 is 28.3 Å². The van der Waals surface area contributed by atoms with Gasteiger partial charge in [-0.3, -0.25) is 9.78 Å². The van der Waals surface area contributed by atoms with Gasteiger partial charge in [0.25, 0.3) is 5.91 Å². The van der Waals surface area contributed by atoms with Gasteiger partial charge in [-0.25, -0.2) is 4.98 Å². The molecule has 0 atom stereocenters. The minimum Gasteiger partial charge on any atom is -0.357 e. The Morgan fingerprint density at radius 3 is 2.79 bits per heavy atom. The van der Waals surface area contributed by atoms with Crippen molar-refractivity contribution in [3.05, 3.63) is 45.7 Å². The molecule has 1 N–H and O–H groups in total. The molecule has 3 aromatic heterocycles. The molecule has 0 unspecified atom stereocenters. The number of hydrogen-bond acceptors (Lipinski definition) is 4. The number of H-pyrrole nitrogens is 1. The lowest BCUT2D eigenvalue weighted by molar-refractivity contribution is 0.0716. The lowest BCUT2D eigenvalue weighted by Gasteiger charge is -2.31. The first-order chi connectivity index (χ1) is 11.6. The summed E-state index contributed by atoms with van der Waals surface area (Å²) in [5, 5.41) is 0.955. The van der Waals surface area contributed by atoms with Crippen LogP contribution in [0.1, 0.15) is 44.8 Å². The Labute approximate surface area is 144 Å². The zero-order valence-corrected chi connectivity index (χ0v) is 14.7. The lowest BCUT2D eigenvalue weighted by atomic mass is 9.93. The molecule has 0 aliphatic carbocycles. The molecule has 24 heavy (non-hydrogen) atoms. The third-order valence-corrected chi connectivity index (χ3v) is 5.79. The van der Waals surface area contributed by atoms with Gasteiger partial charge in [-0.2, -0.15) is 0 Å². The highest BCUT2D eigenvalue weighted by molar-refractivity contribution is 7.13. The Morgan fingerprint density at radius 2 is 2.12 bits per heavy atom. The van der Waals surface area contributed by atoms with Gasteiger partial charge in [0.1, 0.15) is 4.88 Å². The number of rotatable bonds is 2. The van der Waals surface area contributed by atoms with Crippen molar-refractivity contribution in [2.24, 2.45) is 0 Å². The van der Waals surface area contributed by atoms with Crippen molar-refractivity contribution in [1.29, 1.82) is 0 Å². The largest absolute Gasteiger partial charge is 0.357 e. The second kappa shape index (κ2) is 6.02.